The second-order valence-electron chi connectivity index (χ2n) is 5.41. The number of rotatable bonds is 2. The molecule has 1 amide bonds. The van der Waals surface area contributed by atoms with Crippen LogP contribution in [0, 0.1) is 5.82 Å². The maximum absolute atomic E-state index is 12.9. The minimum atomic E-state index is -0.527. The number of nitrogens with zero attached hydrogens (tertiary/aromatic N) is 1. The van der Waals surface area contributed by atoms with Crippen LogP contribution in [-0.4, -0.2) is 30.9 Å². The van der Waals surface area contributed by atoms with Gasteiger partial charge in [-0.25, -0.2) is 9.18 Å². The van der Waals surface area contributed by atoms with Crippen LogP contribution in [0.5, 0.6) is 11.5 Å². The van der Waals surface area contributed by atoms with Crippen LogP contribution >= 0.6 is 0 Å². The zero-order valence-electron chi connectivity index (χ0n) is 13.1. The first-order chi connectivity index (χ1) is 11.4. The first-order valence-corrected chi connectivity index (χ1v) is 7.17. The molecule has 6 heteroatoms. The standard InChI is InChI=1S/C18H14FNO4/c1-20(2)18(22)23-13-7-8-14-15(10-13)24-16(17(14)21)9-11-3-5-12(19)6-4-11/h3-10H,1-2H3/b16-9+. The molecule has 0 saturated carbocycles. The van der Waals surface area contributed by atoms with E-state index in [-0.39, 0.29) is 23.1 Å². The van der Waals surface area contributed by atoms with Gasteiger partial charge in [0.15, 0.2) is 5.76 Å². The van der Waals surface area contributed by atoms with Crippen molar-refractivity contribution in [3.63, 3.8) is 0 Å². The maximum Gasteiger partial charge on any atom is 0.414 e. The highest BCUT2D eigenvalue weighted by molar-refractivity contribution is 6.14. The highest BCUT2D eigenvalue weighted by Gasteiger charge is 2.28. The van der Waals surface area contributed by atoms with Gasteiger partial charge in [0, 0.05) is 20.2 Å². The van der Waals surface area contributed by atoms with Crippen LogP contribution in [0.4, 0.5) is 9.18 Å². The number of ether oxygens (including phenoxy) is 2. The van der Waals surface area contributed by atoms with Crippen molar-refractivity contribution in [2.45, 2.75) is 0 Å². The predicted molar refractivity (Wildman–Crippen MR) is 85.5 cm³/mol. The van der Waals surface area contributed by atoms with Crippen LogP contribution in [-0.2, 0) is 0 Å². The Bertz CT molecular complexity index is 841. The van der Waals surface area contributed by atoms with Crippen molar-refractivity contribution >= 4 is 18.0 Å². The summed E-state index contributed by atoms with van der Waals surface area (Å²) in [6.45, 7) is 0. The number of hydrogen-bond acceptors (Lipinski definition) is 4. The lowest BCUT2D eigenvalue weighted by molar-refractivity contribution is 0.101. The minimum Gasteiger partial charge on any atom is -0.452 e. The number of carbonyl (C=O) groups is 2. The SMILES string of the molecule is CN(C)C(=O)Oc1ccc2c(c1)O/C(=C/c1ccc(F)cc1)C2=O. The van der Waals surface area contributed by atoms with Gasteiger partial charge in [-0.2, -0.15) is 0 Å². The lowest BCUT2D eigenvalue weighted by atomic mass is 10.1. The number of amides is 1. The molecule has 0 fully saturated rings. The Kier molecular flexibility index (Phi) is 4.04. The molecule has 1 aliphatic heterocycles. The Morgan fingerprint density at radius 2 is 1.88 bits per heavy atom. The monoisotopic (exact) mass is 327 g/mol. The van der Waals surface area contributed by atoms with Crippen molar-refractivity contribution in [2.24, 2.45) is 0 Å². The van der Waals surface area contributed by atoms with E-state index in [9.17, 15) is 14.0 Å². The molecule has 1 heterocycles. The lowest BCUT2D eigenvalue weighted by Crippen LogP contribution is -2.25. The Morgan fingerprint density at radius 1 is 1.17 bits per heavy atom. The van der Waals surface area contributed by atoms with E-state index in [1.54, 1.807) is 32.3 Å². The number of carbonyl (C=O) groups excluding carboxylic acids is 2. The average Bonchev–Trinajstić information content (AvgIpc) is 2.85. The van der Waals surface area contributed by atoms with Gasteiger partial charge in [-0.1, -0.05) is 12.1 Å². The minimum absolute atomic E-state index is 0.132. The van der Waals surface area contributed by atoms with Crippen LogP contribution in [0.25, 0.3) is 6.08 Å². The molecule has 1 aliphatic rings. The van der Waals surface area contributed by atoms with E-state index in [0.29, 0.717) is 16.9 Å². The van der Waals surface area contributed by atoms with E-state index >= 15 is 0 Å². The van der Waals surface area contributed by atoms with Gasteiger partial charge >= 0.3 is 6.09 Å². The number of ketones is 1. The number of allylic oxidation sites excluding steroid dienone is 1. The van der Waals surface area contributed by atoms with Crippen molar-refractivity contribution in [1.29, 1.82) is 0 Å². The molecule has 0 saturated heterocycles. The van der Waals surface area contributed by atoms with Crippen molar-refractivity contribution in [2.75, 3.05) is 14.1 Å². The van der Waals surface area contributed by atoms with Crippen molar-refractivity contribution in [1.82, 2.24) is 4.90 Å². The number of halogens is 1. The molecule has 0 spiro atoms. The summed E-state index contributed by atoms with van der Waals surface area (Å²) in [6.07, 6.45) is 1.01. The molecule has 0 radical (unpaired) electrons. The first kappa shape index (κ1) is 15.7. The third-order valence-electron chi connectivity index (χ3n) is 3.38. The summed E-state index contributed by atoms with van der Waals surface area (Å²) >= 11 is 0. The number of hydrogen-bond donors (Lipinski definition) is 0. The van der Waals surface area contributed by atoms with Crippen LogP contribution in [0.15, 0.2) is 48.2 Å². The number of fused-ring (bicyclic) bond motifs is 1. The average molecular weight is 327 g/mol. The first-order valence-electron chi connectivity index (χ1n) is 7.17. The Labute approximate surface area is 137 Å². The van der Waals surface area contributed by atoms with Crippen LogP contribution in [0.3, 0.4) is 0 Å². The van der Waals surface area contributed by atoms with Crippen LogP contribution in [0.2, 0.25) is 0 Å². The van der Waals surface area contributed by atoms with Gasteiger partial charge in [0.2, 0.25) is 5.78 Å². The highest BCUT2D eigenvalue weighted by atomic mass is 19.1. The van der Waals surface area contributed by atoms with E-state index < -0.39 is 6.09 Å². The fourth-order valence-corrected chi connectivity index (χ4v) is 2.13. The summed E-state index contributed by atoms with van der Waals surface area (Å²) in [5.41, 5.74) is 1.03. The molecule has 0 atom stereocenters. The molecule has 2 aromatic rings. The summed E-state index contributed by atoms with van der Waals surface area (Å²) < 4.78 is 23.6. The Morgan fingerprint density at radius 3 is 2.54 bits per heavy atom. The molecule has 0 bridgehead atoms. The van der Waals surface area contributed by atoms with Gasteiger partial charge in [0.1, 0.15) is 17.3 Å². The van der Waals surface area contributed by atoms with Gasteiger partial charge < -0.3 is 14.4 Å². The topological polar surface area (TPSA) is 55.8 Å². The van der Waals surface area contributed by atoms with Gasteiger partial charge in [0.25, 0.3) is 0 Å². The quantitative estimate of drug-likeness (QED) is 0.792. The molecule has 3 rings (SSSR count). The second kappa shape index (κ2) is 6.16. The van der Waals surface area contributed by atoms with Gasteiger partial charge in [-0.15, -0.1) is 0 Å². The number of benzene rings is 2. The summed E-state index contributed by atoms with van der Waals surface area (Å²) in [6, 6.07) is 10.3. The maximum atomic E-state index is 12.9. The van der Waals surface area contributed by atoms with E-state index in [2.05, 4.69) is 0 Å². The molecule has 0 aliphatic carbocycles. The third-order valence-corrected chi connectivity index (χ3v) is 3.38. The molecule has 24 heavy (non-hydrogen) atoms. The molecule has 122 valence electrons. The van der Waals surface area contributed by atoms with Gasteiger partial charge in [0.05, 0.1) is 5.56 Å². The summed E-state index contributed by atoms with van der Waals surface area (Å²) in [7, 11) is 3.14. The Hall–Kier alpha value is -3.15. The predicted octanol–water partition coefficient (Wildman–Crippen LogP) is 3.50. The summed E-state index contributed by atoms with van der Waals surface area (Å²) in [5.74, 6) is 0.0969. The van der Waals surface area contributed by atoms with Crippen LogP contribution in [0.1, 0.15) is 15.9 Å². The fraction of sp³-hybridized carbons (Fsp3) is 0.111. The smallest absolute Gasteiger partial charge is 0.414 e. The molecular weight excluding hydrogens is 313 g/mol. The van der Waals surface area contributed by atoms with Gasteiger partial charge in [-0.3, -0.25) is 4.79 Å². The molecular formula is C18H14FNO4. The molecule has 5 nitrogen and oxygen atoms in total. The van der Waals surface area contributed by atoms with Crippen LogP contribution < -0.4 is 9.47 Å². The van der Waals surface area contributed by atoms with Crippen molar-refractivity contribution in [3.8, 4) is 11.5 Å². The largest absolute Gasteiger partial charge is 0.452 e. The second-order valence-corrected chi connectivity index (χ2v) is 5.41. The zero-order valence-corrected chi connectivity index (χ0v) is 13.1. The van der Waals surface area contributed by atoms with E-state index in [1.807, 2.05) is 0 Å². The molecule has 2 aromatic carbocycles. The lowest BCUT2D eigenvalue weighted by Gasteiger charge is -2.10. The van der Waals surface area contributed by atoms with E-state index in [1.165, 1.54) is 35.2 Å². The Balaban J connectivity index is 1.84. The normalized spacial score (nSPS) is 14.3. The number of Topliss-reactive ketones (excluding diaryl/α,β-unsaturated/α-hetero) is 1. The molecule has 0 aromatic heterocycles. The van der Waals surface area contributed by atoms with Gasteiger partial charge in [-0.05, 0) is 35.9 Å². The summed E-state index contributed by atoms with van der Waals surface area (Å²) in [5, 5.41) is 0. The van der Waals surface area contributed by atoms with E-state index in [0.717, 1.165) is 0 Å². The fourth-order valence-electron chi connectivity index (χ4n) is 2.13. The molecule has 0 N–H and O–H groups in total. The highest BCUT2D eigenvalue weighted by Crippen LogP contribution is 2.35. The van der Waals surface area contributed by atoms with Crippen molar-refractivity contribution < 1.29 is 23.5 Å². The zero-order chi connectivity index (χ0) is 17.3. The summed E-state index contributed by atoms with van der Waals surface area (Å²) in [4.78, 5) is 25.2. The van der Waals surface area contributed by atoms with Crippen molar-refractivity contribution in [3.05, 3.63) is 65.2 Å². The third kappa shape index (κ3) is 3.12. The molecule has 0 unspecified atom stereocenters. The van der Waals surface area contributed by atoms with E-state index in [4.69, 9.17) is 9.47 Å².